The molecule has 0 aliphatic heterocycles. The van der Waals surface area contributed by atoms with Crippen LogP contribution in [0.1, 0.15) is 39.0 Å². The van der Waals surface area contributed by atoms with E-state index in [9.17, 15) is 4.79 Å². The minimum absolute atomic E-state index is 0.151. The second-order valence-electron chi connectivity index (χ2n) is 3.76. The van der Waals surface area contributed by atoms with Crippen molar-refractivity contribution in [2.24, 2.45) is 11.8 Å². The van der Waals surface area contributed by atoms with E-state index in [1.807, 2.05) is 6.92 Å². The maximum Gasteiger partial charge on any atom is 0.307 e. The Bertz CT molecular complexity index is 196. The van der Waals surface area contributed by atoms with Gasteiger partial charge in [0.2, 0.25) is 0 Å². The molecule has 0 saturated carbocycles. The molecular formula is C11H18O2. The normalized spacial score (nSPS) is 24.2. The lowest BCUT2D eigenvalue weighted by Gasteiger charge is -2.22. The molecule has 0 heterocycles. The number of hydrogen-bond donors (Lipinski definition) is 1. The highest BCUT2D eigenvalue weighted by atomic mass is 16.4. The van der Waals surface area contributed by atoms with Crippen molar-refractivity contribution >= 4 is 5.97 Å². The van der Waals surface area contributed by atoms with Gasteiger partial charge in [-0.1, -0.05) is 25.5 Å². The van der Waals surface area contributed by atoms with Crippen molar-refractivity contribution in [1.29, 1.82) is 0 Å². The molecule has 2 atom stereocenters. The lowest BCUT2D eigenvalue weighted by atomic mass is 9.82. The van der Waals surface area contributed by atoms with Gasteiger partial charge in [-0.05, 0) is 31.6 Å². The van der Waals surface area contributed by atoms with E-state index in [2.05, 4.69) is 12.2 Å². The van der Waals surface area contributed by atoms with Gasteiger partial charge in [0.25, 0.3) is 0 Å². The molecule has 1 rings (SSSR count). The smallest absolute Gasteiger partial charge is 0.307 e. The molecule has 1 aliphatic rings. The SMILES string of the molecule is CCCC(C(=O)O)C1C=CCCC1. The quantitative estimate of drug-likeness (QED) is 0.679. The summed E-state index contributed by atoms with van der Waals surface area (Å²) in [6.45, 7) is 2.04. The zero-order valence-electron chi connectivity index (χ0n) is 8.20. The predicted octanol–water partition coefficient (Wildman–Crippen LogP) is 2.84. The number of rotatable bonds is 4. The van der Waals surface area contributed by atoms with Crippen LogP contribution in [-0.4, -0.2) is 11.1 Å². The molecule has 1 aliphatic carbocycles. The van der Waals surface area contributed by atoms with Crippen molar-refractivity contribution in [2.75, 3.05) is 0 Å². The molecule has 13 heavy (non-hydrogen) atoms. The van der Waals surface area contributed by atoms with Crippen LogP contribution in [0.2, 0.25) is 0 Å². The zero-order chi connectivity index (χ0) is 9.68. The summed E-state index contributed by atoms with van der Waals surface area (Å²) in [5.41, 5.74) is 0. The van der Waals surface area contributed by atoms with E-state index < -0.39 is 5.97 Å². The Morgan fingerprint density at radius 2 is 2.46 bits per heavy atom. The Balaban J connectivity index is 2.57. The Kier molecular flexibility index (Phi) is 4.00. The topological polar surface area (TPSA) is 37.3 Å². The van der Waals surface area contributed by atoms with Gasteiger partial charge in [0.15, 0.2) is 0 Å². The highest BCUT2D eigenvalue weighted by Gasteiger charge is 2.25. The zero-order valence-corrected chi connectivity index (χ0v) is 8.20. The summed E-state index contributed by atoms with van der Waals surface area (Å²) in [6, 6.07) is 0. The fraction of sp³-hybridized carbons (Fsp3) is 0.727. The second-order valence-corrected chi connectivity index (χ2v) is 3.76. The molecule has 2 nitrogen and oxygen atoms in total. The van der Waals surface area contributed by atoms with Crippen molar-refractivity contribution in [2.45, 2.75) is 39.0 Å². The summed E-state index contributed by atoms with van der Waals surface area (Å²) < 4.78 is 0. The number of carboxylic acid groups (broad SMARTS) is 1. The lowest BCUT2D eigenvalue weighted by molar-refractivity contribution is -0.143. The van der Waals surface area contributed by atoms with E-state index >= 15 is 0 Å². The Labute approximate surface area is 79.6 Å². The van der Waals surface area contributed by atoms with Crippen LogP contribution in [0.25, 0.3) is 0 Å². The Morgan fingerprint density at radius 1 is 1.69 bits per heavy atom. The molecule has 2 heteroatoms. The van der Waals surface area contributed by atoms with Crippen LogP contribution < -0.4 is 0 Å². The molecular weight excluding hydrogens is 164 g/mol. The fourth-order valence-electron chi connectivity index (χ4n) is 2.01. The molecule has 0 aromatic rings. The van der Waals surface area contributed by atoms with Crippen LogP contribution in [0.4, 0.5) is 0 Å². The van der Waals surface area contributed by atoms with Gasteiger partial charge < -0.3 is 5.11 Å². The summed E-state index contributed by atoms with van der Waals surface area (Å²) in [4.78, 5) is 11.0. The maximum absolute atomic E-state index is 11.0. The fourth-order valence-corrected chi connectivity index (χ4v) is 2.01. The first kappa shape index (κ1) is 10.3. The van der Waals surface area contributed by atoms with E-state index in [1.165, 1.54) is 0 Å². The summed E-state index contributed by atoms with van der Waals surface area (Å²) >= 11 is 0. The van der Waals surface area contributed by atoms with Crippen molar-refractivity contribution in [3.8, 4) is 0 Å². The van der Waals surface area contributed by atoms with Crippen LogP contribution in [0.15, 0.2) is 12.2 Å². The minimum Gasteiger partial charge on any atom is -0.481 e. The van der Waals surface area contributed by atoms with E-state index in [4.69, 9.17) is 5.11 Å². The molecule has 0 saturated heterocycles. The number of carbonyl (C=O) groups is 1. The number of allylic oxidation sites excluding steroid dienone is 2. The summed E-state index contributed by atoms with van der Waals surface area (Å²) in [5.74, 6) is -0.494. The van der Waals surface area contributed by atoms with Crippen LogP contribution >= 0.6 is 0 Å². The largest absolute Gasteiger partial charge is 0.481 e. The van der Waals surface area contributed by atoms with E-state index in [-0.39, 0.29) is 11.8 Å². The van der Waals surface area contributed by atoms with Gasteiger partial charge >= 0.3 is 5.97 Å². The van der Waals surface area contributed by atoms with Gasteiger partial charge in [0, 0.05) is 0 Å². The van der Waals surface area contributed by atoms with Gasteiger partial charge in [-0.2, -0.15) is 0 Å². The average molecular weight is 182 g/mol. The first-order chi connectivity index (χ1) is 6.25. The lowest BCUT2D eigenvalue weighted by Crippen LogP contribution is -2.23. The van der Waals surface area contributed by atoms with E-state index in [1.54, 1.807) is 0 Å². The molecule has 0 fully saturated rings. The van der Waals surface area contributed by atoms with Crippen molar-refractivity contribution < 1.29 is 9.90 Å². The minimum atomic E-state index is -0.626. The molecule has 2 unspecified atom stereocenters. The molecule has 0 aromatic heterocycles. The van der Waals surface area contributed by atoms with Crippen LogP contribution in [0.3, 0.4) is 0 Å². The number of hydrogen-bond acceptors (Lipinski definition) is 1. The first-order valence-corrected chi connectivity index (χ1v) is 5.15. The molecule has 0 radical (unpaired) electrons. The molecule has 1 N–H and O–H groups in total. The van der Waals surface area contributed by atoms with E-state index in [0.717, 1.165) is 32.1 Å². The Morgan fingerprint density at radius 3 is 2.92 bits per heavy atom. The number of aliphatic carboxylic acids is 1. The van der Waals surface area contributed by atoms with Crippen molar-refractivity contribution in [3.05, 3.63) is 12.2 Å². The molecule has 0 bridgehead atoms. The second kappa shape index (κ2) is 5.05. The molecule has 0 aromatic carbocycles. The summed E-state index contributed by atoms with van der Waals surface area (Å²) in [5, 5.41) is 9.02. The van der Waals surface area contributed by atoms with Crippen LogP contribution in [-0.2, 0) is 4.79 Å². The molecule has 0 spiro atoms. The van der Waals surface area contributed by atoms with Gasteiger partial charge in [-0.15, -0.1) is 0 Å². The summed E-state index contributed by atoms with van der Waals surface area (Å²) in [7, 11) is 0. The molecule has 74 valence electrons. The van der Waals surface area contributed by atoms with Crippen LogP contribution in [0, 0.1) is 11.8 Å². The van der Waals surface area contributed by atoms with Gasteiger partial charge in [-0.3, -0.25) is 4.79 Å². The van der Waals surface area contributed by atoms with Crippen LogP contribution in [0.5, 0.6) is 0 Å². The third-order valence-corrected chi connectivity index (χ3v) is 2.73. The third-order valence-electron chi connectivity index (χ3n) is 2.73. The number of carboxylic acids is 1. The highest BCUT2D eigenvalue weighted by Crippen LogP contribution is 2.28. The summed E-state index contributed by atoms with van der Waals surface area (Å²) in [6.07, 6.45) is 9.31. The van der Waals surface area contributed by atoms with Crippen molar-refractivity contribution in [1.82, 2.24) is 0 Å². The first-order valence-electron chi connectivity index (χ1n) is 5.15. The van der Waals surface area contributed by atoms with Gasteiger partial charge in [0.05, 0.1) is 5.92 Å². The van der Waals surface area contributed by atoms with E-state index in [0.29, 0.717) is 0 Å². The monoisotopic (exact) mass is 182 g/mol. The van der Waals surface area contributed by atoms with Gasteiger partial charge in [-0.25, -0.2) is 0 Å². The maximum atomic E-state index is 11.0. The third kappa shape index (κ3) is 2.87. The van der Waals surface area contributed by atoms with Crippen molar-refractivity contribution in [3.63, 3.8) is 0 Å². The molecule has 0 amide bonds. The predicted molar refractivity (Wildman–Crippen MR) is 52.5 cm³/mol. The average Bonchev–Trinajstić information content (AvgIpc) is 2.15. The Hall–Kier alpha value is -0.790. The highest BCUT2D eigenvalue weighted by molar-refractivity contribution is 5.70. The standard InChI is InChI=1S/C11H18O2/c1-2-6-10(11(12)13)9-7-4-3-5-8-9/h4,7,9-10H,2-3,5-6,8H2,1H3,(H,12,13). The van der Waals surface area contributed by atoms with Gasteiger partial charge in [0.1, 0.15) is 0 Å².